The highest BCUT2D eigenvalue weighted by molar-refractivity contribution is 5.95. The highest BCUT2D eigenvalue weighted by atomic mass is 19.4. The first-order valence-corrected chi connectivity index (χ1v) is 26.4. The summed E-state index contributed by atoms with van der Waals surface area (Å²) < 4.78 is 42.8. The number of fused-ring (bicyclic) bond motifs is 2. The van der Waals surface area contributed by atoms with Gasteiger partial charge < -0.3 is 25.2 Å². The first kappa shape index (κ1) is 48.2. The standard InChI is InChI=1S/C58H66F3N9O2/c59-58(60,61)25-26-63-57-64-35-52-53(38-69(55(52)66-57)50-16-18-51(71)19-17-50)46-11-7-41(8-12-46)36-67-27-21-44(22-28-67)45-23-29-68(30-24-45)56(72)47-13-5-40(6-14-47)33-62-32-39-3-9-43(10-4-39)48-15-20-54-49(31-48)34-65-70(54)37-42-1-2-42/h3-15,20,31,34-35,38,42,44-45,50-51,62,71H,1-2,16-19,21-30,32-33,36-37H2,(H,63,64,66)/t50-,51-. The van der Waals surface area contributed by atoms with Gasteiger partial charge in [-0.3, -0.25) is 14.4 Å². The van der Waals surface area contributed by atoms with E-state index in [4.69, 9.17) is 4.98 Å². The molecule has 14 heteroatoms. The van der Waals surface area contributed by atoms with Gasteiger partial charge in [-0.1, -0.05) is 66.7 Å². The lowest BCUT2D eigenvalue weighted by Gasteiger charge is -2.40. The fourth-order valence-electron chi connectivity index (χ4n) is 11.6. The van der Waals surface area contributed by atoms with Crippen molar-refractivity contribution in [2.24, 2.45) is 17.8 Å². The number of hydrogen-bond donors (Lipinski definition) is 3. The molecule has 72 heavy (non-hydrogen) atoms. The predicted molar refractivity (Wildman–Crippen MR) is 277 cm³/mol. The monoisotopic (exact) mass is 978 g/mol. The number of amides is 1. The zero-order valence-electron chi connectivity index (χ0n) is 41.0. The van der Waals surface area contributed by atoms with Gasteiger partial charge >= 0.3 is 6.18 Å². The van der Waals surface area contributed by atoms with Gasteiger partial charge in [-0.15, -0.1) is 0 Å². The second-order valence-electron chi connectivity index (χ2n) is 21.1. The average Bonchev–Trinajstić information content (AvgIpc) is 4.02. The molecular formula is C58H66F3N9O2. The van der Waals surface area contributed by atoms with Gasteiger partial charge in [0.2, 0.25) is 5.95 Å². The van der Waals surface area contributed by atoms with Gasteiger partial charge in [0.25, 0.3) is 5.91 Å². The summed E-state index contributed by atoms with van der Waals surface area (Å²) in [7, 11) is 0. The van der Waals surface area contributed by atoms with Crippen LogP contribution >= 0.6 is 0 Å². The Morgan fingerprint density at radius 3 is 2.03 bits per heavy atom. The molecule has 1 amide bonds. The van der Waals surface area contributed by atoms with Crippen LogP contribution < -0.4 is 10.6 Å². The molecule has 4 aromatic carbocycles. The number of carbonyl (C=O) groups excluding carboxylic acids is 1. The van der Waals surface area contributed by atoms with Crippen molar-refractivity contribution < 1.29 is 23.1 Å². The van der Waals surface area contributed by atoms with Gasteiger partial charge in [0, 0.05) is 86.1 Å². The molecule has 3 aromatic heterocycles. The van der Waals surface area contributed by atoms with Gasteiger partial charge in [-0.2, -0.15) is 23.3 Å². The summed E-state index contributed by atoms with van der Waals surface area (Å²) in [5.74, 6) is 2.44. The number of carbonyl (C=O) groups is 1. The number of piperidine rings is 2. The number of aliphatic hydroxyl groups excluding tert-OH is 1. The van der Waals surface area contributed by atoms with E-state index in [2.05, 4.69) is 125 Å². The normalized spacial score (nSPS) is 19.6. The minimum atomic E-state index is -4.26. The zero-order valence-corrected chi connectivity index (χ0v) is 41.0. The van der Waals surface area contributed by atoms with Gasteiger partial charge in [-0.25, -0.2) is 4.98 Å². The van der Waals surface area contributed by atoms with Crippen LogP contribution in [0.3, 0.4) is 0 Å². The maximum Gasteiger partial charge on any atom is 0.390 e. The van der Waals surface area contributed by atoms with Gasteiger partial charge in [-0.05, 0) is 153 Å². The Morgan fingerprint density at radius 2 is 1.35 bits per heavy atom. The van der Waals surface area contributed by atoms with Crippen LogP contribution in [0.1, 0.15) is 104 Å². The number of halogens is 3. The maximum absolute atomic E-state index is 13.6. The van der Waals surface area contributed by atoms with E-state index >= 15 is 0 Å². The Morgan fingerprint density at radius 1 is 0.708 bits per heavy atom. The molecule has 11 rings (SSSR count). The van der Waals surface area contributed by atoms with Crippen LogP contribution in [-0.2, 0) is 26.2 Å². The van der Waals surface area contributed by atoms with E-state index in [1.807, 2.05) is 18.3 Å². The predicted octanol–water partition coefficient (Wildman–Crippen LogP) is 11.4. The van der Waals surface area contributed by atoms with Crippen LogP contribution in [0.15, 0.2) is 110 Å². The molecular weight excluding hydrogens is 912 g/mol. The van der Waals surface area contributed by atoms with Gasteiger partial charge in [0.1, 0.15) is 5.65 Å². The highest BCUT2D eigenvalue weighted by Gasteiger charge is 2.32. The molecule has 4 aliphatic rings. The summed E-state index contributed by atoms with van der Waals surface area (Å²) in [5.41, 5.74) is 10.8. The second kappa shape index (κ2) is 21.2. The molecule has 2 saturated carbocycles. The molecule has 0 unspecified atom stereocenters. The molecule has 2 aliphatic heterocycles. The van der Waals surface area contributed by atoms with E-state index in [0.717, 1.165) is 112 Å². The minimum Gasteiger partial charge on any atom is -0.393 e. The molecule has 7 aromatic rings. The van der Waals surface area contributed by atoms with Crippen LogP contribution in [0.2, 0.25) is 0 Å². The maximum atomic E-state index is 13.6. The Labute approximate surface area is 419 Å². The number of nitrogens with zero attached hydrogens (tertiary/aromatic N) is 7. The first-order valence-electron chi connectivity index (χ1n) is 26.4. The molecule has 376 valence electrons. The molecule has 11 nitrogen and oxygen atoms in total. The number of hydrogen-bond acceptors (Lipinski definition) is 8. The Bertz CT molecular complexity index is 2940. The molecule has 4 fully saturated rings. The van der Waals surface area contributed by atoms with Gasteiger partial charge in [0.05, 0.1) is 24.2 Å². The minimum absolute atomic E-state index is 0.133. The number of aromatic nitrogens is 5. The number of nitrogens with one attached hydrogen (secondary N) is 2. The summed E-state index contributed by atoms with van der Waals surface area (Å²) in [6.07, 6.45) is 10.4. The van der Waals surface area contributed by atoms with E-state index < -0.39 is 12.6 Å². The molecule has 0 bridgehead atoms. The molecule has 3 N–H and O–H groups in total. The molecule has 0 atom stereocenters. The number of likely N-dealkylation sites (tertiary alicyclic amines) is 2. The van der Waals surface area contributed by atoms with Crippen LogP contribution in [0.5, 0.6) is 0 Å². The number of benzene rings is 4. The van der Waals surface area contributed by atoms with Crippen molar-refractivity contribution in [1.29, 1.82) is 0 Å². The fraction of sp³-hybridized carbons (Fsp3) is 0.448. The number of alkyl halides is 3. The van der Waals surface area contributed by atoms with Gasteiger partial charge in [0.15, 0.2) is 0 Å². The summed E-state index contributed by atoms with van der Waals surface area (Å²) >= 11 is 0. The molecule has 0 spiro atoms. The van der Waals surface area contributed by atoms with Crippen molar-refractivity contribution in [3.63, 3.8) is 0 Å². The smallest absolute Gasteiger partial charge is 0.390 e. The fourth-order valence-corrected chi connectivity index (χ4v) is 11.6. The summed E-state index contributed by atoms with van der Waals surface area (Å²) in [5, 5.41) is 23.2. The van der Waals surface area contributed by atoms with Crippen LogP contribution in [0, 0.1) is 17.8 Å². The number of rotatable bonds is 16. The third kappa shape index (κ3) is 11.4. The summed E-state index contributed by atoms with van der Waals surface area (Å²) in [6, 6.07) is 32.4. The van der Waals surface area contributed by atoms with Crippen molar-refractivity contribution in [3.8, 4) is 22.3 Å². The first-order chi connectivity index (χ1) is 35.0. The average molecular weight is 978 g/mol. The molecule has 5 heterocycles. The molecule has 2 saturated heterocycles. The lowest BCUT2D eigenvalue weighted by molar-refractivity contribution is -0.131. The van der Waals surface area contributed by atoms with E-state index in [9.17, 15) is 23.1 Å². The largest absolute Gasteiger partial charge is 0.393 e. The van der Waals surface area contributed by atoms with Crippen molar-refractivity contribution in [3.05, 3.63) is 132 Å². The molecule has 0 radical (unpaired) electrons. The third-order valence-corrected chi connectivity index (χ3v) is 16.0. The van der Waals surface area contributed by atoms with Crippen molar-refractivity contribution in [2.45, 2.75) is 115 Å². The molecule has 2 aliphatic carbocycles. The van der Waals surface area contributed by atoms with E-state index in [-0.39, 0.29) is 30.5 Å². The van der Waals surface area contributed by atoms with E-state index in [0.29, 0.717) is 30.3 Å². The lowest BCUT2D eigenvalue weighted by atomic mass is 9.78. The van der Waals surface area contributed by atoms with Crippen molar-refractivity contribution in [2.75, 3.05) is 38.0 Å². The van der Waals surface area contributed by atoms with Crippen LogP contribution in [0.25, 0.3) is 44.2 Å². The highest BCUT2D eigenvalue weighted by Crippen LogP contribution is 2.38. The Kier molecular flexibility index (Phi) is 14.2. The summed E-state index contributed by atoms with van der Waals surface area (Å²) in [6.45, 7) is 6.86. The SMILES string of the molecule is O=C(c1ccc(CNCc2ccc(-c3ccc4c(cnn4CC4CC4)c3)cc2)cc1)N1CCC(C2CCN(Cc3ccc(-c4cn([C@H]5CC[C@H](O)CC5)c5nc(NCCC(F)(F)F)ncc45)cc3)CC2)CC1. The number of aliphatic hydroxyl groups is 1. The van der Waals surface area contributed by atoms with Crippen molar-refractivity contribution >= 4 is 33.8 Å². The van der Waals surface area contributed by atoms with E-state index in [1.165, 1.54) is 58.8 Å². The zero-order chi connectivity index (χ0) is 49.2. The van der Waals surface area contributed by atoms with E-state index in [1.54, 1.807) is 6.20 Å². The van der Waals surface area contributed by atoms with Crippen molar-refractivity contribution in [1.82, 2.24) is 39.4 Å². The third-order valence-electron chi connectivity index (χ3n) is 16.0. The topological polar surface area (TPSA) is 116 Å². The number of anilines is 1. The Balaban J connectivity index is 0.618. The lowest BCUT2D eigenvalue weighted by Crippen LogP contribution is -2.42. The summed E-state index contributed by atoms with van der Waals surface area (Å²) in [4.78, 5) is 27.3. The second-order valence-corrected chi connectivity index (χ2v) is 21.1. The quantitative estimate of drug-likeness (QED) is 0.0877. The Hall–Kier alpha value is -6.09. The van der Waals surface area contributed by atoms with Crippen LogP contribution in [-0.4, -0.2) is 90.1 Å². The van der Waals surface area contributed by atoms with Crippen LogP contribution in [0.4, 0.5) is 19.1 Å².